The molecular weight excluding hydrogens is 208 g/mol. The van der Waals surface area contributed by atoms with Gasteiger partial charge < -0.3 is 15.4 Å². The van der Waals surface area contributed by atoms with E-state index in [1.54, 1.807) is 0 Å². The molecule has 16 heavy (non-hydrogen) atoms. The predicted octanol–water partition coefficient (Wildman–Crippen LogP) is 0.934. The first-order valence-electron chi connectivity index (χ1n) is 5.90. The van der Waals surface area contributed by atoms with E-state index in [1.807, 2.05) is 6.92 Å². The molecule has 1 aliphatic carbocycles. The molecule has 1 heterocycles. The van der Waals surface area contributed by atoms with Gasteiger partial charge in [-0.25, -0.2) is 4.79 Å². The van der Waals surface area contributed by atoms with Crippen molar-refractivity contribution in [3.63, 3.8) is 0 Å². The number of rotatable bonds is 4. The molecule has 0 radical (unpaired) electrons. The summed E-state index contributed by atoms with van der Waals surface area (Å²) in [5.41, 5.74) is -0.00154. The molecule has 1 atom stereocenters. The predicted molar refractivity (Wildman–Crippen MR) is 57.9 cm³/mol. The maximum atomic E-state index is 11.5. The summed E-state index contributed by atoms with van der Waals surface area (Å²) in [6, 6.07) is -0.406. The minimum Gasteiger partial charge on any atom is -0.450 e. The van der Waals surface area contributed by atoms with Crippen molar-refractivity contribution in [2.45, 2.75) is 50.6 Å². The largest absolute Gasteiger partial charge is 0.450 e. The Balaban J connectivity index is 1.72. The van der Waals surface area contributed by atoms with Gasteiger partial charge in [-0.05, 0) is 25.7 Å². The van der Waals surface area contributed by atoms with Gasteiger partial charge in [-0.3, -0.25) is 4.79 Å². The van der Waals surface area contributed by atoms with Gasteiger partial charge in [0.15, 0.2) is 0 Å². The van der Waals surface area contributed by atoms with Gasteiger partial charge >= 0.3 is 6.09 Å². The van der Waals surface area contributed by atoms with E-state index >= 15 is 0 Å². The summed E-state index contributed by atoms with van der Waals surface area (Å²) in [7, 11) is 0. The molecule has 0 aromatic heterocycles. The number of alkyl carbamates (subject to hydrolysis) is 1. The number of hydrogen-bond donors (Lipinski definition) is 2. The zero-order valence-corrected chi connectivity index (χ0v) is 9.54. The van der Waals surface area contributed by atoms with Crippen molar-refractivity contribution < 1.29 is 14.3 Å². The highest BCUT2D eigenvalue weighted by atomic mass is 16.5. The molecule has 5 heteroatoms. The van der Waals surface area contributed by atoms with Crippen molar-refractivity contribution in [2.75, 3.05) is 6.61 Å². The molecular formula is C11H18N2O3. The Labute approximate surface area is 94.9 Å². The Hall–Kier alpha value is -1.26. The zero-order valence-electron chi connectivity index (χ0n) is 9.54. The molecule has 1 aliphatic heterocycles. The minimum absolute atomic E-state index is 0.00154. The van der Waals surface area contributed by atoms with E-state index in [-0.39, 0.29) is 11.4 Å². The van der Waals surface area contributed by atoms with Crippen LogP contribution >= 0.6 is 0 Å². The Morgan fingerprint density at radius 2 is 2.38 bits per heavy atom. The van der Waals surface area contributed by atoms with Crippen LogP contribution in [-0.4, -0.2) is 30.2 Å². The van der Waals surface area contributed by atoms with Gasteiger partial charge in [0.05, 0.1) is 6.61 Å². The Kier molecular flexibility index (Phi) is 3.03. The first-order chi connectivity index (χ1) is 7.65. The summed E-state index contributed by atoms with van der Waals surface area (Å²) in [4.78, 5) is 22.9. The second-order valence-corrected chi connectivity index (χ2v) is 4.66. The van der Waals surface area contributed by atoms with Crippen LogP contribution in [-0.2, 0) is 9.53 Å². The van der Waals surface area contributed by atoms with Crippen molar-refractivity contribution in [1.82, 2.24) is 10.6 Å². The molecule has 0 bridgehead atoms. The second-order valence-electron chi connectivity index (χ2n) is 4.66. The van der Waals surface area contributed by atoms with Gasteiger partial charge in [0.2, 0.25) is 5.91 Å². The highest BCUT2D eigenvalue weighted by Gasteiger charge is 2.52. The number of nitrogens with one attached hydrogen (secondary N) is 2. The highest BCUT2D eigenvalue weighted by molar-refractivity contribution is 5.89. The lowest BCUT2D eigenvalue weighted by atomic mass is 10.1. The van der Waals surface area contributed by atoms with Crippen LogP contribution < -0.4 is 10.6 Å². The van der Waals surface area contributed by atoms with Crippen LogP contribution in [0, 0.1) is 0 Å². The van der Waals surface area contributed by atoms with Crippen LogP contribution in [0.2, 0.25) is 0 Å². The summed E-state index contributed by atoms with van der Waals surface area (Å²) in [5.74, 6) is -0.0788. The van der Waals surface area contributed by atoms with E-state index in [4.69, 9.17) is 4.74 Å². The third-order valence-corrected chi connectivity index (χ3v) is 3.18. The standard InChI is InChI=1S/C11H18N2O3/c1-2-3-6-16-10(15)12-8-7-11(4-5-11)13-9(8)14/h8H,2-7H2,1H3,(H,12,15)(H,13,14). The topological polar surface area (TPSA) is 67.4 Å². The maximum absolute atomic E-state index is 11.5. The molecule has 90 valence electrons. The fourth-order valence-electron chi connectivity index (χ4n) is 1.97. The average molecular weight is 226 g/mol. The van der Waals surface area contributed by atoms with Gasteiger partial charge in [0, 0.05) is 5.54 Å². The van der Waals surface area contributed by atoms with E-state index in [0.29, 0.717) is 13.0 Å². The molecule has 1 saturated heterocycles. The van der Waals surface area contributed by atoms with Crippen LogP contribution in [0.1, 0.15) is 39.0 Å². The Morgan fingerprint density at radius 1 is 1.62 bits per heavy atom. The minimum atomic E-state index is -0.480. The summed E-state index contributed by atoms with van der Waals surface area (Å²) in [6.45, 7) is 2.45. The number of unbranched alkanes of at least 4 members (excludes halogenated alkanes) is 1. The van der Waals surface area contributed by atoms with Crippen LogP contribution in [0.25, 0.3) is 0 Å². The van der Waals surface area contributed by atoms with Crippen LogP contribution in [0.3, 0.4) is 0 Å². The fraction of sp³-hybridized carbons (Fsp3) is 0.818. The van der Waals surface area contributed by atoms with Gasteiger partial charge in [0.1, 0.15) is 6.04 Å². The average Bonchev–Trinajstić information content (AvgIpc) is 2.89. The summed E-state index contributed by atoms with van der Waals surface area (Å²) < 4.78 is 4.95. The van der Waals surface area contributed by atoms with Gasteiger partial charge in [-0.15, -0.1) is 0 Å². The summed E-state index contributed by atoms with van der Waals surface area (Å²) in [5, 5.41) is 5.53. The first-order valence-corrected chi connectivity index (χ1v) is 5.90. The third kappa shape index (κ3) is 2.46. The third-order valence-electron chi connectivity index (χ3n) is 3.18. The Bertz CT molecular complexity index is 300. The van der Waals surface area contributed by atoms with Crippen molar-refractivity contribution in [2.24, 2.45) is 0 Å². The van der Waals surface area contributed by atoms with E-state index in [1.165, 1.54) is 0 Å². The lowest BCUT2D eigenvalue weighted by molar-refractivity contribution is -0.121. The second kappa shape index (κ2) is 4.31. The van der Waals surface area contributed by atoms with Gasteiger partial charge in [0.25, 0.3) is 0 Å². The zero-order chi connectivity index (χ0) is 11.6. The summed E-state index contributed by atoms with van der Waals surface area (Å²) in [6.07, 6.45) is 4.12. The van der Waals surface area contributed by atoms with Crippen molar-refractivity contribution >= 4 is 12.0 Å². The van der Waals surface area contributed by atoms with Gasteiger partial charge in [-0.2, -0.15) is 0 Å². The number of carbonyl (C=O) groups is 2. The quantitative estimate of drug-likeness (QED) is 0.701. The molecule has 2 rings (SSSR count). The van der Waals surface area contributed by atoms with Crippen molar-refractivity contribution in [3.8, 4) is 0 Å². The molecule has 1 saturated carbocycles. The number of amides is 2. The number of hydrogen-bond acceptors (Lipinski definition) is 3. The molecule has 0 aromatic carbocycles. The molecule has 2 N–H and O–H groups in total. The maximum Gasteiger partial charge on any atom is 0.407 e. The molecule has 1 spiro atoms. The molecule has 0 aromatic rings. The SMILES string of the molecule is CCCCOC(=O)NC1CC2(CC2)NC1=O. The normalized spacial score (nSPS) is 25.3. The number of carbonyl (C=O) groups excluding carboxylic acids is 2. The smallest absolute Gasteiger partial charge is 0.407 e. The lowest BCUT2D eigenvalue weighted by Gasteiger charge is -2.10. The number of ether oxygens (including phenoxy) is 1. The van der Waals surface area contributed by atoms with Crippen LogP contribution in [0.15, 0.2) is 0 Å². The molecule has 2 amide bonds. The van der Waals surface area contributed by atoms with E-state index in [0.717, 1.165) is 25.7 Å². The molecule has 1 unspecified atom stereocenters. The van der Waals surface area contributed by atoms with Crippen LogP contribution in [0.4, 0.5) is 4.79 Å². The Morgan fingerprint density at radius 3 is 2.94 bits per heavy atom. The van der Waals surface area contributed by atoms with Gasteiger partial charge in [-0.1, -0.05) is 13.3 Å². The summed E-state index contributed by atoms with van der Waals surface area (Å²) >= 11 is 0. The lowest BCUT2D eigenvalue weighted by Crippen LogP contribution is -2.40. The molecule has 5 nitrogen and oxygen atoms in total. The molecule has 2 fully saturated rings. The van der Waals surface area contributed by atoms with E-state index in [9.17, 15) is 9.59 Å². The monoisotopic (exact) mass is 226 g/mol. The van der Waals surface area contributed by atoms with Crippen LogP contribution in [0.5, 0.6) is 0 Å². The van der Waals surface area contributed by atoms with E-state index in [2.05, 4.69) is 10.6 Å². The van der Waals surface area contributed by atoms with Crippen molar-refractivity contribution in [1.29, 1.82) is 0 Å². The fourth-order valence-corrected chi connectivity index (χ4v) is 1.97. The van der Waals surface area contributed by atoms with E-state index < -0.39 is 12.1 Å². The molecule has 2 aliphatic rings. The van der Waals surface area contributed by atoms with Crippen molar-refractivity contribution in [3.05, 3.63) is 0 Å². The highest BCUT2D eigenvalue weighted by Crippen LogP contribution is 2.43. The first kappa shape index (κ1) is 11.2.